The van der Waals surface area contributed by atoms with E-state index in [0.29, 0.717) is 0 Å². The molecule has 16 heavy (non-hydrogen) atoms. The summed E-state index contributed by atoms with van der Waals surface area (Å²) >= 11 is 1.70. The number of halogens is 1. The van der Waals surface area contributed by atoms with Gasteiger partial charge < -0.3 is 5.32 Å². The molecule has 5 heteroatoms. The van der Waals surface area contributed by atoms with E-state index in [9.17, 15) is 0 Å². The molecule has 1 aromatic carbocycles. The number of benzene rings is 1. The van der Waals surface area contributed by atoms with E-state index in [0.717, 1.165) is 28.7 Å². The van der Waals surface area contributed by atoms with Crippen LogP contribution < -0.4 is 5.32 Å². The zero-order valence-corrected chi connectivity index (χ0v) is 10.6. The average molecular weight is 256 g/mol. The maximum atomic E-state index is 4.22. The molecule has 1 aliphatic rings. The summed E-state index contributed by atoms with van der Waals surface area (Å²) < 4.78 is 0. The van der Waals surface area contributed by atoms with E-state index in [1.54, 1.807) is 11.8 Å². The van der Waals surface area contributed by atoms with Crippen LogP contribution in [0.1, 0.15) is 12.5 Å². The fourth-order valence-corrected chi connectivity index (χ4v) is 2.15. The van der Waals surface area contributed by atoms with Gasteiger partial charge in [-0.1, -0.05) is 42.1 Å². The molecule has 86 valence electrons. The molecule has 1 aromatic rings. The summed E-state index contributed by atoms with van der Waals surface area (Å²) in [5, 5.41) is 12.4. The SMILES string of the molecule is CCNC1=NN=C(c2ccccc2)CS1.Cl. The second-order valence-corrected chi connectivity index (χ2v) is 4.10. The first-order valence-corrected chi connectivity index (χ1v) is 5.95. The minimum absolute atomic E-state index is 0. The van der Waals surface area contributed by atoms with Crippen molar-refractivity contribution in [3.63, 3.8) is 0 Å². The Bertz CT molecular complexity index is 389. The van der Waals surface area contributed by atoms with Gasteiger partial charge in [0.25, 0.3) is 0 Å². The molecule has 1 aliphatic heterocycles. The highest BCUT2D eigenvalue weighted by Crippen LogP contribution is 2.14. The Morgan fingerprint density at radius 1 is 1.25 bits per heavy atom. The van der Waals surface area contributed by atoms with Gasteiger partial charge in [-0.25, -0.2) is 0 Å². The Morgan fingerprint density at radius 2 is 2.00 bits per heavy atom. The van der Waals surface area contributed by atoms with Crippen molar-refractivity contribution in [2.45, 2.75) is 6.92 Å². The summed E-state index contributed by atoms with van der Waals surface area (Å²) in [5.41, 5.74) is 2.20. The molecule has 0 bridgehead atoms. The van der Waals surface area contributed by atoms with Crippen LogP contribution in [0, 0.1) is 0 Å². The van der Waals surface area contributed by atoms with E-state index in [-0.39, 0.29) is 12.4 Å². The minimum atomic E-state index is 0. The molecule has 0 spiro atoms. The summed E-state index contributed by atoms with van der Waals surface area (Å²) in [5.74, 6) is 0.885. The van der Waals surface area contributed by atoms with Crippen LogP contribution in [0.15, 0.2) is 40.5 Å². The summed E-state index contributed by atoms with van der Waals surface area (Å²) in [6.45, 7) is 2.95. The molecule has 0 fully saturated rings. The molecular formula is C11H14ClN3S. The van der Waals surface area contributed by atoms with Gasteiger partial charge in [0, 0.05) is 12.3 Å². The predicted octanol–water partition coefficient (Wildman–Crippen LogP) is 2.52. The van der Waals surface area contributed by atoms with Gasteiger partial charge in [-0.05, 0) is 12.5 Å². The molecule has 1 N–H and O–H groups in total. The van der Waals surface area contributed by atoms with Crippen LogP contribution in [0.5, 0.6) is 0 Å². The van der Waals surface area contributed by atoms with E-state index in [4.69, 9.17) is 0 Å². The van der Waals surface area contributed by atoms with Gasteiger partial charge in [0.2, 0.25) is 0 Å². The minimum Gasteiger partial charge on any atom is -0.363 e. The number of nitrogens with one attached hydrogen (secondary N) is 1. The number of thioether (sulfide) groups is 1. The van der Waals surface area contributed by atoms with Crippen molar-refractivity contribution in [3.05, 3.63) is 35.9 Å². The monoisotopic (exact) mass is 255 g/mol. The van der Waals surface area contributed by atoms with Crippen LogP contribution in [0.4, 0.5) is 0 Å². The second-order valence-electron chi connectivity index (χ2n) is 3.14. The molecule has 3 nitrogen and oxygen atoms in total. The van der Waals surface area contributed by atoms with Crippen molar-refractivity contribution in [2.24, 2.45) is 10.2 Å². The lowest BCUT2D eigenvalue weighted by molar-refractivity contribution is 0.969. The lowest BCUT2D eigenvalue weighted by Gasteiger charge is -2.12. The zero-order valence-electron chi connectivity index (χ0n) is 9.01. The van der Waals surface area contributed by atoms with Crippen molar-refractivity contribution < 1.29 is 0 Å². The largest absolute Gasteiger partial charge is 0.363 e. The Hall–Kier alpha value is -1.000. The van der Waals surface area contributed by atoms with Crippen LogP contribution in [0.25, 0.3) is 0 Å². The molecule has 0 amide bonds. The van der Waals surface area contributed by atoms with Crippen LogP contribution in [0.2, 0.25) is 0 Å². The first-order valence-electron chi connectivity index (χ1n) is 4.96. The third-order valence-electron chi connectivity index (χ3n) is 2.04. The fraction of sp³-hybridized carbons (Fsp3) is 0.273. The summed E-state index contributed by atoms with van der Waals surface area (Å²) in [4.78, 5) is 0. The Kier molecular flexibility index (Phi) is 5.35. The molecule has 0 unspecified atom stereocenters. The molecule has 0 saturated carbocycles. The second kappa shape index (κ2) is 6.55. The number of amidine groups is 1. The van der Waals surface area contributed by atoms with Crippen molar-refractivity contribution in [1.82, 2.24) is 5.32 Å². The predicted molar refractivity (Wildman–Crippen MR) is 73.8 cm³/mol. The zero-order chi connectivity index (χ0) is 10.5. The molecule has 0 saturated heterocycles. The third kappa shape index (κ3) is 3.25. The average Bonchev–Trinajstić information content (AvgIpc) is 2.32. The molecular weight excluding hydrogens is 242 g/mol. The molecule has 0 aromatic heterocycles. The van der Waals surface area contributed by atoms with Gasteiger partial charge in [-0.3, -0.25) is 0 Å². The summed E-state index contributed by atoms with van der Waals surface area (Å²) in [6, 6.07) is 10.2. The first kappa shape index (κ1) is 13.1. The van der Waals surface area contributed by atoms with Gasteiger partial charge in [-0.2, -0.15) is 5.10 Å². The normalized spacial score (nSPS) is 14.6. The van der Waals surface area contributed by atoms with Crippen LogP contribution >= 0.6 is 24.2 Å². The summed E-state index contributed by atoms with van der Waals surface area (Å²) in [6.07, 6.45) is 0. The smallest absolute Gasteiger partial charge is 0.183 e. The van der Waals surface area contributed by atoms with E-state index in [2.05, 4.69) is 34.6 Å². The van der Waals surface area contributed by atoms with Gasteiger partial charge >= 0.3 is 0 Å². The molecule has 0 aliphatic carbocycles. The standard InChI is InChI=1S/C11H13N3S.ClH/c1-2-12-11-14-13-10(8-15-11)9-6-4-3-5-7-9;/h3-7H,2,8H2,1H3,(H,12,14);1H. The van der Waals surface area contributed by atoms with Crippen molar-refractivity contribution in [3.8, 4) is 0 Å². The maximum absolute atomic E-state index is 4.22. The fourth-order valence-electron chi connectivity index (χ4n) is 1.31. The highest BCUT2D eigenvalue weighted by molar-refractivity contribution is 8.14. The van der Waals surface area contributed by atoms with E-state index < -0.39 is 0 Å². The van der Waals surface area contributed by atoms with E-state index in [1.807, 2.05) is 18.2 Å². The van der Waals surface area contributed by atoms with Crippen molar-refractivity contribution in [2.75, 3.05) is 12.3 Å². The van der Waals surface area contributed by atoms with Gasteiger partial charge in [0.15, 0.2) is 5.17 Å². The lowest BCUT2D eigenvalue weighted by atomic mass is 10.1. The van der Waals surface area contributed by atoms with Gasteiger partial charge in [0.05, 0.1) is 5.71 Å². The molecule has 0 radical (unpaired) electrons. The van der Waals surface area contributed by atoms with Gasteiger partial charge in [0.1, 0.15) is 0 Å². The van der Waals surface area contributed by atoms with E-state index in [1.165, 1.54) is 0 Å². The Morgan fingerprint density at radius 3 is 2.56 bits per heavy atom. The number of hydrogen-bond donors (Lipinski definition) is 1. The van der Waals surface area contributed by atoms with Crippen LogP contribution in [-0.4, -0.2) is 23.2 Å². The van der Waals surface area contributed by atoms with Crippen LogP contribution in [0.3, 0.4) is 0 Å². The maximum Gasteiger partial charge on any atom is 0.183 e. The van der Waals surface area contributed by atoms with Gasteiger partial charge in [-0.15, -0.1) is 17.5 Å². The highest BCUT2D eigenvalue weighted by atomic mass is 35.5. The number of nitrogens with zero attached hydrogens (tertiary/aromatic N) is 2. The Balaban J connectivity index is 0.00000128. The Labute approximate surface area is 106 Å². The van der Waals surface area contributed by atoms with Crippen molar-refractivity contribution in [1.29, 1.82) is 0 Å². The van der Waals surface area contributed by atoms with Crippen LogP contribution in [-0.2, 0) is 0 Å². The summed E-state index contributed by atoms with van der Waals surface area (Å²) in [7, 11) is 0. The first-order chi connectivity index (χ1) is 7.40. The molecule has 1 heterocycles. The third-order valence-corrected chi connectivity index (χ3v) is 2.96. The topological polar surface area (TPSA) is 36.8 Å². The highest BCUT2D eigenvalue weighted by Gasteiger charge is 2.10. The molecule has 0 atom stereocenters. The number of rotatable bonds is 2. The lowest BCUT2D eigenvalue weighted by Crippen LogP contribution is -2.23. The molecule has 2 rings (SSSR count). The quantitative estimate of drug-likeness (QED) is 0.882. The van der Waals surface area contributed by atoms with Crippen molar-refractivity contribution >= 4 is 35.0 Å². The number of hydrogen-bond acceptors (Lipinski definition) is 4. The van der Waals surface area contributed by atoms with E-state index >= 15 is 0 Å².